The Morgan fingerprint density at radius 1 is 0.673 bits per heavy atom. The SMILES string of the molecule is CCCCC/C=C/CC/C=C/CC/C=C/C(O)C(COC1OC(CO)C(O)C(O)C1O)NC(=O)CCCCCCCCCCCCCCC. The number of amides is 1. The Morgan fingerprint density at radius 3 is 1.71 bits per heavy atom. The van der Waals surface area contributed by atoms with E-state index in [4.69, 9.17) is 9.47 Å². The summed E-state index contributed by atoms with van der Waals surface area (Å²) in [6.07, 6.45) is 29.0. The zero-order valence-corrected chi connectivity index (χ0v) is 30.9. The highest BCUT2D eigenvalue weighted by Crippen LogP contribution is 2.22. The van der Waals surface area contributed by atoms with Crippen LogP contribution < -0.4 is 5.32 Å². The zero-order valence-electron chi connectivity index (χ0n) is 30.9. The van der Waals surface area contributed by atoms with Gasteiger partial charge in [-0.3, -0.25) is 4.79 Å². The molecule has 9 nitrogen and oxygen atoms in total. The van der Waals surface area contributed by atoms with Gasteiger partial charge in [-0.1, -0.05) is 140 Å². The first-order valence-electron chi connectivity index (χ1n) is 19.7. The van der Waals surface area contributed by atoms with Gasteiger partial charge in [0.2, 0.25) is 5.91 Å². The second-order valence-electron chi connectivity index (χ2n) is 13.7. The summed E-state index contributed by atoms with van der Waals surface area (Å²) in [4.78, 5) is 12.9. The highest BCUT2D eigenvalue weighted by molar-refractivity contribution is 5.76. The predicted octanol–water partition coefficient (Wildman–Crippen LogP) is 6.94. The highest BCUT2D eigenvalue weighted by atomic mass is 16.7. The molecule has 1 fully saturated rings. The van der Waals surface area contributed by atoms with Crippen LogP contribution in [0, 0.1) is 0 Å². The maximum Gasteiger partial charge on any atom is 0.220 e. The predicted molar refractivity (Wildman–Crippen MR) is 198 cm³/mol. The van der Waals surface area contributed by atoms with Gasteiger partial charge in [-0.05, 0) is 44.9 Å². The second-order valence-corrected chi connectivity index (χ2v) is 13.7. The number of nitrogens with one attached hydrogen (secondary N) is 1. The van der Waals surface area contributed by atoms with Crippen molar-refractivity contribution in [3.8, 4) is 0 Å². The molecule has 0 aromatic heterocycles. The van der Waals surface area contributed by atoms with E-state index in [2.05, 4.69) is 43.5 Å². The number of aliphatic hydroxyl groups excluding tert-OH is 5. The topological polar surface area (TPSA) is 149 Å². The molecule has 286 valence electrons. The lowest BCUT2D eigenvalue weighted by Crippen LogP contribution is -2.60. The van der Waals surface area contributed by atoms with Gasteiger partial charge >= 0.3 is 0 Å². The number of ether oxygens (including phenoxy) is 2. The minimum Gasteiger partial charge on any atom is -0.394 e. The van der Waals surface area contributed by atoms with Gasteiger partial charge in [0, 0.05) is 6.42 Å². The van der Waals surface area contributed by atoms with Crippen LogP contribution in [0.25, 0.3) is 0 Å². The average molecular weight is 696 g/mol. The van der Waals surface area contributed by atoms with Crippen molar-refractivity contribution in [2.75, 3.05) is 13.2 Å². The molecule has 0 aromatic carbocycles. The van der Waals surface area contributed by atoms with Crippen molar-refractivity contribution >= 4 is 5.91 Å². The molecule has 1 heterocycles. The molecule has 49 heavy (non-hydrogen) atoms. The third-order valence-electron chi connectivity index (χ3n) is 9.20. The van der Waals surface area contributed by atoms with Gasteiger partial charge in [0.15, 0.2) is 6.29 Å². The summed E-state index contributed by atoms with van der Waals surface area (Å²) in [6, 6.07) is -0.822. The molecule has 1 aliphatic rings. The molecule has 0 saturated carbocycles. The van der Waals surface area contributed by atoms with E-state index < -0.39 is 49.5 Å². The first kappa shape index (κ1) is 45.4. The molecule has 0 aliphatic carbocycles. The maximum absolute atomic E-state index is 12.9. The third kappa shape index (κ3) is 22.8. The quantitative estimate of drug-likeness (QED) is 0.0338. The summed E-state index contributed by atoms with van der Waals surface area (Å²) >= 11 is 0. The summed E-state index contributed by atoms with van der Waals surface area (Å²) in [6.45, 7) is 3.69. The molecule has 0 radical (unpaired) electrons. The molecule has 7 unspecified atom stereocenters. The van der Waals surface area contributed by atoms with Crippen LogP contribution in [0.15, 0.2) is 36.5 Å². The van der Waals surface area contributed by atoms with E-state index in [0.29, 0.717) is 6.42 Å². The minimum absolute atomic E-state index is 0.194. The standard InChI is InChI=1S/C40H73NO8/c1-3-5-7-9-11-13-15-17-19-21-23-25-27-29-34(43)33(32-48-40-39(47)38(46)37(45)35(31-42)49-40)41-36(44)30-28-26-24-22-20-18-16-14-12-10-8-6-4-2/h11,13,19,21,27,29,33-35,37-40,42-43,45-47H,3-10,12,14-18,20,22-26,28,30-32H2,1-2H3,(H,41,44)/b13-11+,21-19+,29-27+. The van der Waals surface area contributed by atoms with Crippen LogP contribution in [-0.2, 0) is 14.3 Å². The third-order valence-corrected chi connectivity index (χ3v) is 9.20. The average Bonchev–Trinajstić information content (AvgIpc) is 3.10. The Balaban J connectivity index is 2.49. The lowest BCUT2D eigenvalue weighted by Gasteiger charge is -2.40. The molecule has 0 bridgehead atoms. The Kier molecular flexibility index (Phi) is 28.9. The van der Waals surface area contributed by atoms with Gasteiger partial charge in [-0.25, -0.2) is 0 Å². The van der Waals surface area contributed by atoms with Crippen LogP contribution in [-0.4, -0.2) is 87.5 Å². The van der Waals surface area contributed by atoms with Crippen LogP contribution in [0.4, 0.5) is 0 Å². The van der Waals surface area contributed by atoms with Gasteiger partial charge in [0.1, 0.15) is 24.4 Å². The number of allylic oxidation sites excluding steroid dienone is 5. The second kappa shape index (κ2) is 31.2. The minimum atomic E-state index is -1.57. The van der Waals surface area contributed by atoms with Crippen LogP contribution in [0.1, 0.15) is 155 Å². The summed E-state index contributed by atoms with van der Waals surface area (Å²) < 4.78 is 11.1. The summed E-state index contributed by atoms with van der Waals surface area (Å²) in [7, 11) is 0. The Morgan fingerprint density at radius 2 is 1.16 bits per heavy atom. The number of hydrogen-bond acceptors (Lipinski definition) is 8. The molecule has 1 amide bonds. The number of hydrogen-bond donors (Lipinski definition) is 6. The molecule has 6 N–H and O–H groups in total. The smallest absolute Gasteiger partial charge is 0.220 e. The van der Waals surface area contributed by atoms with E-state index in [1.807, 2.05) is 6.08 Å². The molecule has 9 heteroatoms. The fourth-order valence-electron chi connectivity index (χ4n) is 5.95. The van der Waals surface area contributed by atoms with Gasteiger partial charge in [0.05, 0.1) is 25.4 Å². The van der Waals surface area contributed by atoms with Crippen LogP contribution in [0.5, 0.6) is 0 Å². The lowest BCUT2D eigenvalue weighted by atomic mass is 9.99. The van der Waals surface area contributed by atoms with Crippen LogP contribution >= 0.6 is 0 Å². The van der Waals surface area contributed by atoms with E-state index >= 15 is 0 Å². The van der Waals surface area contributed by atoms with Crippen molar-refractivity contribution in [1.29, 1.82) is 0 Å². The van der Waals surface area contributed by atoms with Crippen LogP contribution in [0.2, 0.25) is 0 Å². The number of rotatable bonds is 31. The molecule has 1 saturated heterocycles. The number of aliphatic hydroxyl groups is 5. The van der Waals surface area contributed by atoms with Gasteiger partial charge in [-0.15, -0.1) is 0 Å². The van der Waals surface area contributed by atoms with Gasteiger partial charge in [-0.2, -0.15) is 0 Å². The fourth-order valence-corrected chi connectivity index (χ4v) is 5.95. The summed E-state index contributed by atoms with van der Waals surface area (Å²) in [5, 5.41) is 53.9. The van der Waals surface area contributed by atoms with E-state index in [1.54, 1.807) is 6.08 Å². The van der Waals surface area contributed by atoms with Crippen LogP contribution in [0.3, 0.4) is 0 Å². The zero-order chi connectivity index (χ0) is 36.0. The van der Waals surface area contributed by atoms with E-state index in [0.717, 1.165) is 51.4 Å². The molecular formula is C40H73NO8. The molecule has 1 aliphatic heterocycles. The summed E-state index contributed by atoms with van der Waals surface area (Å²) in [5.74, 6) is -0.194. The first-order chi connectivity index (χ1) is 23.8. The van der Waals surface area contributed by atoms with E-state index in [9.17, 15) is 30.3 Å². The van der Waals surface area contributed by atoms with Crippen molar-refractivity contribution in [3.63, 3.8) is 0 Å². The Bertz CT molecular complexity index is 863. The first-order valence-corrected chi connectivity index (χ1v) is 19.7. The highest BCUT2D eigenvalue weighted by Gasteiger charge is 2.44. The number of carbonyl (C=O) groups excluding carboxylic acids is 1. The number of carbonyl (C=O) groups is 1. The monoisotopic (exact) mass is 696 g/mol. The van der Waals surface area contributed by atoms with E-state index in [-0.39, 0.29) is 12.5 Å². The molecule has 7 atom stereocenters. The van der Waals surface area contributed by atoms with Crippen molar-refractivity contribution < 1.29 is 39.8 Å². The van der Waals surface area contributed by atoms with Crippen molar-refractivity contribution in [2.24, 2.45) is 0 Å². The largest absolute Gasteiger partial charge is 0.394 e. The van der Waals surface area contributed by atoms with Crippen molar-refractivity contribution in [3.05, 3.63) is 36.5 Å². The molecular weight excluding hydrogens is 622 g/mol. The molecule has 0 aromatic rings. The summed E-state index contributed by atoms with van der Waals surface area (Å²) in [5.41, 5.74) is 0. The molecule has 1 rings (SSSR count). The maximum atomic E-state index is 12.9. The van der Waals surface area contributed by atoms with Crippen molar-refractivity contribution in [2.45, 2.75) is 198 Å². The normalized spacial score (nSPS) is 22.8. The fraction of sp³-hybridized carbons (Fsp3) is 0.825. The van der Waals surface area contributed by atoms with Gasteiger partial charge in [0.25, 0.3) is 0 Å². The number of unbranched alkanes of at least 4 members (excludes halogenated alkanes) is 17. The lowest BCUT2D eigenvalue weighted by molar-refractivity contribution is -0.302. The molecule has 0 spiro atoms. The van der Waals surface area contributed by atoms with Gasteiger partial charge < -0.3 is 40.3 Å². The Labute approximate surface area is 298 Å². The van der Waals surface area contributed by atoms with Crippen molar-refractivity contribution in [1.82, 2.24) is 5.32 Å². The van der Waals surface area contributed by atoms with E-state index in [1.165, 1.54) is 83.5 Å². The Hall–Kier alpha value is -1.59.